The number of hydrogen-bond acceptors (Lipinski definition) is 4. The van der Waals surface area contributed by atoms with Crippen LogP contribution in [-0.4, -0.2) is 53.0 Å². The maximum Gasteiger partial charge on any atom is 0.332 e. The van der Waals surface area contributed by atoms with E-state index in [1.54, 1.807) is 29.2 Å². The van der Waals surface area contributed by atoms with Gasteiger partial charge in [0.05, 0.1) is 17.4 Å². The van der Waals surface area contributed by atoms with Crippen molar-refractivity contribution < 1.29 is 19.1 Å². The molecule has 0 unspecified atom stereocenters. The highest BCUT2D eigenvalue weighted by atomic mass is 16.5. The number of rotatable bonds is 8. The summed E-state index contributed by atoms with van der Waals surface area (Å²) < 4.78 is 5.55. The van der Waals surface area contributed by atoms with Gasteiger partial charge in [-0.15, -0.1) is 0 Å². The van der Waals surface area contributed by atoms with Crippen LogP contribution in [0.1, 0.15) is 53.5 Å². The van der Waals surface area contributed by atoms with Crippen molar-refractivity contribution in [2.45, 2.75) is 44.9 Å². The maximum atomic E-state index is 14.2. The first-order valence-electron chi connectivity index (χ1n) is 13.7. The lowest BCUT2D eigenvalue weighted by Crippen LogP contribution is -2.44. The third-order valence-corrected chi connectivity index (χ3v) is 7.61. The SMILES string of the molecule is CC(C)OCCCNC(=O)c1ccccc1N1C(=O)[C@@H]2Cc3c([nH]c4ccccc34)[C@H](c3ccccc3)N2C1=O. The van der Waals surface area contributed by atoms with Crippen LogP contribution in [0.15, 0.2) is 78.9 Å². The fourth-order valence-corrected chi connectivity index (χ4v) is 5.83. The molecule has 1 saturated heterocycles. The minimum Gasteiger partial charge on any atom is -0.379 e. The Balaban J connectivity index is 1.35. The van der Waals surface area contributed by atoms with Crippen molar-refractivity contribution in [1.82, 2.24) is 15.2 Å². The summed E-state index contributed by atoms with van der Waals surface area (Å²) in [5.41, 5.74) is 4.44. The van der Waals surface area contributed by atoms with E-state index < -0.39 is 18.1 Å². The summed E-state index contributed by atoms with van der Waals surface area (Å²) in [7, 11) is 0. The van der Waals surface area contributed by atoms with Crippen molar-refractivity contribution in [2.24, 2.45) is 0 Å². The molecule has 204 valence electrons. The van der Waals surface area contributed by atoms with E-state index in [9.17, 15) is 14.4 Å². The first-order chi connectivity index (χ1) is 19.5. The third kappa shape index (κ3) is 4.44. The Morgan fingerprint density at radius 1 is 1.00 bits per heavy atom. The number of carbonyl (C=O) groups excluding carboxylic acids is 3. The molecule has 8 nitrogen and oxygen atoms in total. The van der Waals surface area contributed by atoms with E-state index in [4.69, 9.17) is 4.74 Å². The van der Waals surface area contributed by atoms with Crippen molar-refractivity contribution in [3.63, 3.8) is 0 Å². The van der Waals surface area contributed by atoms with Gasteiger partial charge in [0, 0.05) is 36.2 Å². The Morgan fingerprint density at radius 2 is 1.73 bits per heavy atom. The third-order valence-electron chi connectivity index (χ3n) is 7.61. The van der Waals surface area contributed by atoms with Crippen LogP contribution < -0.4 is 10.2 Å². The number of H-pyrrole nitrogens is 1. The van der Waals surface area contributed by atoms with Gasteiger partial charge in [0.1, 0.15) is 12.1 Å². The summed E-state index contributed by atoms with van der Waals surface area (Å²) in [5, 5.41) is 3.96. The molecule has 6 rings (SSSR count). The fourth-order valence-electron chi connectivity index (χ4n) is 5.83. The molecule has 0 saturated carbocycles. The van der Waals surface area contributed by atoms with Crippen LogP contribution in [0.2, 0.25) is 0 Å². The quantitative estimate of drug-likeness (QED) is 0.239. The van der Waals surface area contributed by atoms with Gasteiger partial charge in [0.2, 0.25) is 0 Å². The van der Waals surface area contributed by atoms with E-state index in [2.05, 4.69) is 10.3 Å². The topological polar surface area (TPSA) is 94.7 Å². The molecular formula is C32H32N4O4. The molecule has 2 N–H and O–H groups in total. The highest BCUT2D eigenvalue weighted by Gasteiger charge is 2.53. The van der Waals surface area contributed by atoms with Gasteiger partial charge in [-0.2, -0.15) is 0 Å². The van der Waals surface area contributed by atoms with E-state index in [0.29, 0.717) is 31.7 Å². The Hall–Kier alpha value is -4.43. The first-order valence-corrected chi connectivity index (χ1v) is 13.7. The number of ether oxygens (including phenoxy) is 1. The molecule has 0 radical (unpaired) electrons. The van der Waals surface area contributed by atoms with Gasteiger partial charge in [0.15, 0.2) is 0 Å². The fraction of sp³-hybridized carbons (Fsp3) is 0.281. The number of aromatic nitrogens is 1. The van der Waals surface area contributed by atoms with Gasteiger partial charge >= 0.3 is 6.03 Å². The standard InChI is InChI=1S/C32H32N4O4/c1-20(2)40-18-10-17-33-30(37)23-14-7-9-16-26(23)36-31(38)27-19-24-22-13-6-8-15-25(22)34-28(24)29(35(27)32(36)39)21-11-4-3-5-12-21/h3-9,11-16,20,27,29,34H,10,17-19H2,1-2H3,(H,33,37)/t27-,29-/m0/s1. The average molecular weight is 537 g/mol. The number of amides is 4. The molecule has 1 aromatic heterocycles. The van der Waals surface area contributed by atoms with E-state index in [1.807, 2.05) is 68.4 Å². The molecule has 0 spiro atoms. The molecule has 4 aromatic rings. The molecule has 2 aliphatic heterocycles. The second-order valence-electron chi connectivity index (χ2n) is 10.5. The number of benzene rings is 3. The Labute approximate surface area is 232 Å². The van der Waals surface area contributed by atoms with Crippen LogP contribution in [0.3, 0.4) is 0 Å². The number of urea groups is 1. The van der Waals surface area contributed by atoms with Crippen LogP contribution >= 0.6 is 0 Å². The maximum absolute atomic E-state index is 14.2. The van der Waals surface area contributed by atoms with Crippen molar-refractivity contribution in [3.05, 3.63) is 101 Å². The van der Waals surface area contributed by atoms with E-state index in [-0.39, 0.29) is 23.5 Å². The number of hydrogen-bond donors (Lipinski definition) is 2. The first kappa shape index (κ1) is 25.8. The van der Waals surface area contributed by atoms with Crippen molar-refractivity contribution in [2.75, 3.05) is 18.1 Å². The van der Waals surface area contributed by atoms with Gasteiger partial charge in [-0.05, 0) is 49.6 Å². The van der Waals surface area contributed by atoms with Crippen LogP contribution in [0.5, 0.6) is 0 Å². The van der Waals surface area contributed by atoms with E-state index >= 15 is 0 Å². The molecule has 2 atom stereocenters. The molecule has 3 aromatic carbocycles. The van der Waals surface area contributed by atoms with E-state index in [0.717, 1.165) is 27.7 Å². The Morgan fingerprint density at radius 3 is 2.52 bits per heavy atom. The number of nitrogens with zero attached hydrogens (tertiary/aromatic N) is 2. The normalized spacial score (nSPS) is 18.4. The summed E-state index contributed by atoms with van der Waals surface area (Å²) in [4.78, 5) is 47.8. The number of para-hydroxylation sites is 2. The molecule has 0 aliphatic carbocycles. The number of aromatic amines is 1. The number of fused-ring (bicyclic) bond motifs is 4. The van der Waals surface area contributed by atoms with Crippen LogP contribution in [0, 0.1) is 0 Å². The van der Waals surface area contributed by atoms with Crippen LogP contribution in [0.25, 0.3) is 10.9 Å². The van der Waals surface area contributed by atoms with Gasteiger partial charge in [-0.3, -0.25) is 14.5 Å². The number of carbonyl (C=O) groups is 3. The highest BCUT2D eigenvalue weighted by Crippen LogP contribution is 2.45. The molecular weight excluding hydrogens is 504 g/mol. The molecule has 40 heavy (non-hydrogen) atoms. The van der Waals surface area contributed by atoms with Gasteiger partial charge in [0.25, 0.3) is 11.8 Å². The smallest absolute Gasteiger partial charge is 0.332 e. The van der Waals surface area contributed by atoms with Gasteiger partial charge < -0.3 is 15.0 Å². The second-order valence-corrected chi connectivity index (χ2v) is 10.5. The lowest BCUT2D eigenvalue weighted by atomic mass is 9.89. The van der Waals surface area contributed by atoms with Crippen LogP contribution in [-0.2, 0) is 16.0 Å². The largest absolute Gasteiger partial charge is 0.379 e. The number of nitrogens with one attached hydrogen (secondary N) is 2. The van der Waals surface area contributed by atoms with Crippen molar-refractivity contribution >= 4 is 34.4 Å². The Kier molecular flexibility index (Phi) is 6.86. The molecule has 0 bridgehead atoms. The lowest BCUT2D eigenvalue weighted by Gasteiger charge is -2.36. The predicted molar refractivity (Wildman–Crippen MR) is 153 cm³/mol. The molecule has 4 amide bonds. The molecule has 1 fully saturated rings. The monoisotopic (exact) mass is 536 g/mol. The molecule has 3 heterocycles. The molecule has 2 aliphatic rings. The average Bonchev–Trinajstić information content (AvgIpc) is 3.46. The summed E-state index contributed by atoms with van der Waals surface area (Å²) >= 11 is 0. The summed E-state index contributed by atoms with van der Waals surface area (Å²) in [6.45, 7) is 4.89. The minimum atomic E-state index is -0.686. The number of imide groups is 1. The lowest BCUT2D eigenvalue weighted by molar-refractivity contribution is -0.120. The minimum absolute atomic E-state index is 0.126. The van der Waals surface area contributed by atoms with Crippen LogP contribution in [0.4, 0.5) is 10.5 Å². The van der Waals surface area contributed by atoms with Crippen molar-refractivity contribution in [3.8, 4) is 0 Å². The van der Waals surface area contributed by atoms with E-state index in [1.165, 1.54) is 4.90 Å². The predicted octanol–water partition coefficient (Wildman–Crippen LogP) is 5.20. The zero-order valence-electron chi connectivity index (χ0n) is 22.6. The second kappa shape index (κ2) is 10.6. The highest BCUT2D eigenvalue weighted by molar-refractivity contribution is 6.24. The zero-order valence-corrected chi connectivity index (χ0v) is 22.6. The zero-order chi connectivity index (χ0) is 27.8. The van der Waals surface area contributed by atoms with Gasteiger partial charge in [-0.25, -0.2) is 9.69 Å². The number of anilines is 1. The van der Waals surface area contributed by atoms with Gasteiger partial charge in [-0.1, -0.05) is 60.7 Å². The summed E-state index contributed by atoms with van der Waals surface area (Å²) in [6.07, 6.45) is 1.18. The van der Waals surface area contributed by atoms with Crippen molar-refractivity contribution in [1.29, 1.82) is 0 Å². The molecule has 8 heteroatoms. The summed E-state index contributed by atoms with van der Waals surface area (Å²) in [6, 6.07) is 23.0. The summed E-state index contributed by atoms with van der Waals surface area (Å²) in [5.74, 6) is -0.658. The Bertz CT molecular complexity index is 1580.